The summed E-state index contributed by atoms with van der Waals surface area (Å²) < 4.78 is 0. The molecule has 0 heterocycles. The molecule has 2 aliphatic carbocycles. The number of hydrogen-bond acceptors (Lipinski definition) is 1. The lowest BCUT2D eigenvalue weighted by Gasteiger charge is -2.36. The largest absolute Gasteiger partial charge is 0.310 e. The predicted molar refractivity (Wildman–Crippen MR) is 273 cm³/mol. The van der Waals surface area contributed by atoms with Crippen LogP contribution < -0.4 is 4.90 Å². The van der Waals surface area contributed by atoms with Crippen molar-refractivity contribution >= 4 is 28.2 Å². The van der Waals surface area contributed by atoms with Crippen molar-refractivity contribution in [1.29, 1.82) is 0 Å². The highest BCUT2D eigenvalue weighted by molar-refractivity contribution is 5.91. The van der Waals surface area contributed by atoms with Gasteiger partial charge >= 0.3 is 0 Å². The first-order valence-corrected chi connectivity index (χ1v) is 21.7. The summed E-state index contributed by atoms with van der Waals surface area (Å²) in [6.45, 7) is 20.4. The number of nitrogens with zero attached hydrogens (tertiary/aromatic N) is 1. The third-order valence-electron chi connectivity index (χ3n) is 12.1. The van der Waals surface area contributed by atoms with Gasteiger partial charge in [-0.1, -0.05) is 221 Å². The van der Waals surface area contributed by atoms with E-state index in [-0.39, 0.29) is 0 Å². The van der Waals surface area contributed by atoms with Gasteiger partial charge in [0.25, 0.3) is 0 Å². The van der Waals surface area contributed by atoms with Crippen molar-refractivity contribution in [3.05, 3.63) is 308 Å². The maximum Gasteiger partial charge on any atom is 0.0710 e. The quantitative estimate of drug-likeness (QED) is 0.0880. The molecule has 63 heavy (non-hydrogen) atoms. The molecule has 1 nitrogen and oxygen atoms in total. The minimum Gasteiger partial charge on any atom is -0.310 e. The van der Waals surface area contributed by atoms with E-state index >= 15 is 0 Å². The highest BCUT2D eigenvalue weighted by Gasteiger charge is 2.47. The Kier molecular flexibility index (Phi) is 12.9. The van der Waals surface area contributed by atoms with E-state index in [9.17, 15) is 0 Å². The molecule has 0 aromatic heterocycles. The molecule has 0 unspecified atom stereocenters. The first kappa shape index (κ1) is 42.0. The van der Waals surface area contributed by atoms with Gasteiger partial charge in [0.1, 0.15) is 0 Å². The van der Waals surface area contributed by atoms with Crippen LogP contribution >= 0.6 is 0 Å². The van der Waals surface area contributed by atoms with Gasteiger partial charge in [0.15, 0.2) is 0 Å². The summed E-state index contributed by atoms with van der Waals surface area (Å²) in [5.74, 6) is 0. The molecule has 0 saturated heterocycles. The van der Waals surface area contributed by atoms with Gasteiger partial charge in [-0.15, -0.1) is 0 Å². The molecule has 2 aliphatic rings. The fourth-order valence-corrected chi connectivity index (χ4v) is 9.28. The molecule has 0 radical (unpaired) electrons. The van der Waals surface area contributed by atoms with Gasteiger partial charge in [-0.3, -0.25) is 0 Å². The van der Waals surface area contributed by atoms with Crippen LogP contribution in [0.15, 0.2) is 274 Å². The van der Waals surface area contributed by atoms with Crippen LogP contribution in [-0.4, -0.2) is 0 Å². The summed E-state index contributed by atoms with van der Waals surface area (Å²) in [6.07, 6.45) is 26.9. The minimum absolute atomic E-state index is 0.487. The Morgan fingerprint density at radius 2 is 1.21 bits per heavy atom. The maximum atomic E-state index is 4.58. The number of fused-ring (bicyclic) bond motifs is 2. The monoisotopic (exact) mass is 811 g/mol. The molecule has 0 N–H and O–H groups in total. The Hall–Kier alpha value is -7.74. The standard InChI is InChI=1S/C62H53N/c1-6-10-25-46(5)59-44-55(41-38-51(59)29-22-28-48(24-8-3)47(9-4)23-7-2)63(54-39-36-50(37-40-54)49-26-14-11-15-27-49)56-42-43-58-57-34-20-21-35-60(57)62(61(58)45-56,52-30-16-12-17-31-52)53-32-18-13-19-33-53/h6-19,21-28,30-33,35-45H,1-5,20,29,34H2/b25-10-,28-22-,47-23+,48-24+. The second-order valence-corrected chi connectivity index (χ2v) is 15.8. The zero-order valence-electron chi connectivity index (χ0n) is 36.0. The SMILES string of the molecule is C=C/C=C\C(=C)c1cc(N(c2ccc(-c3ccccc3)cc2)c2ccc3c(c2)C(c2ccccc2)(c2ccccc2)C2=C3CCC=C2)ccc1C\C=C/C(=C\C=C)C(/C=C)=C/C=C. The van der Waals surface area contributed by atoms with Gasteiger partial charge in [-0.25, -0.2) is 0 Å². The summed E-state index contributed by atoms with van der Waals surface area (Å²) in [5, 5.41) is 0. The van der Waals surface area contributed by atoms with Crippen LogP contribution in [0.4, 0.5) is 17.1 Å². The van der Waals surface area contributed by atoms with E-state index in [0.717, 1.165) is 57.8 Å². The third-order valence-corrected chi connectivity index (χ3v) is 12.1. The van der Waals surface area contributed by atoms with Crippen molar-refractivity contribution in [3.63, 3.8) is 0 Å². The van der Waals surface area contributed by atoms with Crippen molar-refractivity contribution in [2.75, 3.05) is 4.90 Å². The molecule has 8 rings (SSSR count). The highest BCUT2D eigenvalue weighted by Crippen LogP contribution is 2.58. The van der Waals surface area contributed by atoms with Crippen LogP contribution in [0.1, 0.15) is 46.2 Å². The number of benzene rings is 6. The second kappa shape index (κ2) is 19.3. The molecular formula is C62H53N. The van der Waals surface area contributed by atoms with Gasteiger partial charge in [-0.05, 0) is 128 Å². The Labute approximate surface area is 374 Å². The van der Waals surface area contributed by atoms with Gasteiger partial charge in [0.2, 0.25) is 0 Å². The Morgan fingerprint density at radius 1 is 0.603 bits per heavy atom. The molecule has 0 spiro atoms. The van der Waals surface area contributed by atoms with Crippen LogP contribution in [0.3, 0.4) is 0 Å². The van der Waals surface area contributed by atoms with Crippen molar-refractivity contribution in [2.24, 2.45) is 0 Å². The molecule has 0 bridgehead atoms. The van der Waals surface area contributed by atoms with Crippen LogP contribution in [0.25, 0.3) is 22.3 Å². The average molecular weight is 812 g/mol. The highest BCUT2D eigenvalue weighted by atomic mass is 15.1. The fourth-order valence-electron chi connectivity index (χ4n) is 9.28. The lowest BCUT2D eigenvalue weighted by atomic mass is 9.66. The van der Waals surface area contributed by atoms with Crippen molar-refractivity contribution in [2.45, 2.75) is 24.7 Å². The molecule has 0 fully saturated rings. The zero-order valence-corrected chi connectivity index (χ0v) is 36.0. The van der Waals surface area contributed by atoms with E-state index in [2.05, 4.69) is 214 Å². The molecule has 1 heteroatoms. The van der Waals surface area contributed by atoms with Crippen LogP contribution in [0.2, 0.25) is 0 Å². The predicted octanol–water partition coefficient (Wildman–Crippen LogP) is 16.5. The van der Waals surface area contributed by atoms with Crippen LogP contribution in [0, 0.1) is 0 Å². The molecule has 6 aromatic carbocycles. The van der Waals surface area contributed by atoms with E-state index in [1.54, 1.807) is 18.2 Å². The molecule has 0 atom stereocenters. The van der Waals surface area contributed by atoms with E-state index in [1.807, 2.05) is 30.4 Å². The first-order chi connectivity index (χ1) is 31.0. The van der Waals surface area contributed by atoms with E-state index in [4.69, 9.17) is 0 Å². The topological polar surface area (TPSA) is 3.24 Å². The Morgan fingerprint density at radius 3 is 1.86 bits per heavy atom. The summed E-state index contributed by atoms with van der Waals surface area (Å²) in [7, 11) is 0. The Bertz CT molecular complexity index is 2820. The van der Waals surface area contributed by atoms with Gasteiger partial charge in [-0.2, -0.15) is 0 Å². The molecule has 0 amide bonds. The van der Waals surface area contributed by atoms with Crippen molar-refractivity contribution in [3.8, 4) is 11.1 Å². The third kappa shape index (κ3) is 8.34. The van der Waals surface area contributed by atoms with Gasteiger partial charge < -0.3 is 4.90 Å². The maximum absolute atomic E-state index is 4.58. The lowest BCUT2D eigenvalue weighted by Crippen LogP contribution is -2.29. The molecule has 306 valence electrons. The second-order valence-electron chi connectivity index (χ2n) is 15.8. The molecular weight excluding hydrogens is 759 g/mol. The normalized spacial score (nSPS) is 14.3. The zero-order chi connectivity index (χ0) is 43.6. The van der Waals surface area contributed by atoms with E-state index in [1.165, 1.54) is 44.5 Å². The lowest BCUT2D eigenvalue weighted by molar-refractivity contribution is 0.756. The van der Waals surface area contributed by atoms with Crippen LogP contribution in [-0.2, 0) is 11.8 Å². The summed E-state index contributed by atoms with van der Waals surface area (Å²) >= 11 is 0. The number of hydrogen-bond donors (Lipinski definition) is 0. The molecule has 6 aromatic rings. The number of allylic oxidation sites excluding steroid dienone is 17. The fraction of sp³-hybridized carbons (Fsp3) is 0.0645. The summed E-state index contributed by atoms with van der Waals surface area (Å²) in [5.41, 5.74) is 18.1. The molecule has 0 saturated carbocycles. The summed E-state index contributed by atoms with van der Waals surface area (Å²) in [6, 6.07) is 55.6. The smallest absolute Gasteiger partial charge is 0.0710 e. The minimum atomic E-state index is -0.487. The average Bonchev–Trinajstić information content (AvgIpc) is 3.64. The summed E-state index contributed by atoms with van der Waals surface area (Å²) in [4.78, 5) is 2.40. The Balaban J connectivity index is 1.32. The van der Waals surface area contributed by atoms with Crippen LogP contribution in [0.5, 0.6) is 0 Å². The van der Waals surface area contributed by atoms with Crippen molar-refractivity contribution < 1.29 is 0 Å². The van der Waals surface area contributed by atoms with E-state index < -0.39 is 5.41 Å². The van der Waals surface area contributed by atoms with Crippen molar-refractivity contribution in [1.82, 2.24) is 0 Å². The van der Waals surface area contributed by atoms with E-state index in [0.29, 0.717) is 6.42 Å². The number of anilines is 3. The number of rotatable bonds is 16. The van der Waals surface area contributed by atoms with Gasteiger partial charge in [0.05, 0.1) is 5.41 Å². The first-order valence-electron chi connectivity index (χ1n) is 21.7. The molecule has 0 aliphatic heterocycles. The van der Waals surface area contributed by atoms with Gasteiger partial charge in [0, 0.05) is 17.1 Å².